The fourth-order valence-corrected chi connectivity index (χ4v) is 6.56. The molecule has 49 heavy (non-hydrogen) atoms. The van der Waals surface area contributed by atoms with Gasteiger partial charge in [0.15, 0.2) is 4.80 Å². The number of nitro benzene ring substituents is 1. The van der Waals surface area contributed by atoms with E-state index >= 15 is 0 Å². The lowest BCUT2D eigenvalue weighted by Crippen LogP contribution is -2.39. The third-order valence-electron chi connectivity index (χ3n) is 7.80. The van der Waals surface area contributed by atoms with E-state index in [-0.39, 0.29) is 33.7 Å². The first-order chi connectivity index (χ1) is 23.7. The van der Waals surface area contributed by atoms with Gasteiger partial charge in [-0.2, -0.15) is 0 Å². The minimum Gasteiger partial charge on any atom is -0.490 e. The van der Waals surface area contributed by atoms with Gasteiger partial charge in [-0.25, -0.2) is 14.6 Å². The zero-order chi connectivity index (χ0) is 34.7. The molecule has 0 amide bonds. The number of allylic oxidation sites excluding steroid dienone is 1. The van der Waals surface area contributed by atoms with Crippen molar-refractivity contribution < 1.29 is 28.7 Å². The van der Waals surface area contributed by atoms with Crippen LogP contribution in [0.25, 0.3) is 16.8 Å². The van der Waals surface area contributed by atoms with Crippen molar-refractivity contribution in [3.8, 4) is 11.5 Å². The Balaban J connectivity index is 1.49. The van der Waals surface area contributed by atoms with E-state index in [2.05, 4.69) is 11.6 Å². The first-order valence-electron chi connectivity index (χ1n) is 15.2. The second kappa shape index (κ2) is 13.9. The number of carbonyl (C=O) groups excluding carboxylic acids is 2. The molecule has 0 saturated carbocycles. The lowest BCUT2D eigenvalue weighted by Gasteiger charge is -2.24. The van der Waals surface area contributed by atoms with Crippen LogP contribution in [0.15, 0.2) is 119 Å². The summed E-state index contributed by atoms with van der Waals surface area (Å²) < 4.78 is 18.6. The van der Waals surface area contributed by atoms with E-state index in [0.717, 1.165) is 22.1 Å². The van der Waals surface area contributed by atoms with Gasteiger partial charge < -0.3 is 14.2 Å². The second-order valence-corrected chi connectivity index (χ2v) is 11.9. The van der Waals surface area contributed by atoms with Crippen molar-refractivity contribution in [1.29, 1.82) is 0 Å². The highest BCUT2D eigenvalue weighted by atomic mass is 32.1. The number of nitro groups is 1. The van der Waals surface area contributed by atoms with Gasteiger partial charge in [-0.1, -0.05) is 66.5 Å². The van der Waals surface area contributed by atoms with E-state index in [9.17, 15) is 24.5 Å². The van der Waals surface area contributed by atoms with Gasteiger partial charge in [-0.05, 0) is 66.6 Å². The van der Waals surface area contributed by atoms with Gasteiger partial charge in [0, 0.05) is 17.7 Å². The van der Waals surface area contributed by atoms with Gasteiger partial charge in [0.1, 0.15) is 18.1 Å². The Morgan fingerprint density at radius 2 is 1.76 bits per heavy atom. The SMILES string of the molecule is C=CCOc1ccc([C@H]2C(C(=O)OCC)=C(C)N=c3s/c(=C\c4c(OC(=O)c5ccc([N+](=O)[O-])cc5)ccc5ccccc45)c(=O)n32)cc1. The largest absolute Gasteiger partial charge is 0.490 e. The summed E-state index contributed by atoms with van der Waals surface area (Å²) in [5.41, 5.74) is 1.34. The molecule has 2 heterocycles. The Hall–Kier alpha value is -6.14. The summed E-state index contributed by atoms with van der Waals surface area (Å²) in [5.74, 6) is -0.523. The smallest absolute Gasteiger partial charge is 0.343 e. The molecule has 0 radical (unpaired) electrons. The molecule has 1 aliphatic heterocycles. The Morgan fingerprint density at radius 1 is 1.02 bits per heavy atom. The Morgan fingerprint density at radius 3 is 2.45 bits per heavy atom. The number of hydrogen-bond acceptors (Lipinski definition) is 10. The number of nitrogens with zero attached hydrogens (tertiary/aromatic N) is 3. The van der Waals surface area contributed by atoms with Crippen molar-refractivity contribution in [3.05, 3.63) is 155 Å². The first kappa shape index (κ1) is 32.8. The van der Waals surface area contributed by atoms with Crippen LogP contribution in [-0.2, 0) is 9.53 Å². The van der Waals surface area contributed by atoms with Crippen LogP contribution in [0.1, 0.15) is 41.4 Å². The maximum absolute atomic E-state index is 14.3. The monoisotopic (exact) mass is 675 g/mol. The van der Waals surface area contributed by atoms with Crippen LogP contribution in [-0.4, -0.2) is 34.6 Å². The predicted molar refractivity (Wildman–Crippen MR) is 185 cm³/mol. The number of fused-ring (bicyclic) bond motifs is 2. The van der Waals surface area contributed by atoms with Gasteiger partial charge in [0.05, 0.1) is 38.9 Å². The van der Waals surface area contributed by atoms with E-state index in [0.29, 0.717) is 34.0 Å². The molecule has 0 aliphatic carbocycles. The summed E-state index contributed by atoms with van der Waals surface area (Å²) in [6.45, 7) is 7.55. The zero-order valence-corrected chi connectivity index (χ0v) is 27.3. The number of thiazole rings is 1. The van der Waals surface area contributed by atoms with Crippen LogP contribution in [0, 0.1) is 10.1 Å². The minimum atomic E-state index is -0.835. The average molecular weight is 676 g/mol. The second-order valence-electron chi connectivity index (χ2n) is 10.9. The van der Waals surface area contributed by atoms with Gasteiger partial charge >= 0.3 is 11.9 Å². The van der Waals surface area contributed by atoms with E-state index in [1.54, 1.807) is 62.4 Å². The van der Waals surface area contributed by atoms with Crippen molar-refractivity contribution >= 4 is 45.8 Å². The number of non-ortho nitro benzene ring substituents is 1. The molecule has 0 bridgehead atoms. The highest BCUT2D eigenvalue weighted by Crippen LogP contribution is 2.33. The van der Waals surface area contributed by atoms with E-state index in [4.69, 9.17) is 14.2 Å². The molecule has 1 atom stereocenters. The molecular weight excluding hydrogens is 646 g/mol. The third-order valence-corrected chi connectivity index (χ3v) is 8.79. The molecule has 6 rings (SSSR count). The number of ether oxygens (including phenoxy) is 3. The van der Waals surface area contributed by atoms with Crippen molar-refractivity contribution in [2.24, 2.45) is 4.99 Å². The minimum absolute atomic E-state index is 0.118. The lowest BCUT2D eigenvalue weighted by molar-refractivity contribution is -0.384. The number of hydrogen-bond donors (Lipinski definition) is 0. The van der Waals surface area contributed by atoms with Crippen LogP contribution in [0.4, 0.5) is 5.69 Å². The molecule has 4 aromatic carbocycles. The average Bonchev–Trinajstić information content (AvgIpc) is 3.41. The van der Waals surface area contributed by atoms with Gasteiger partial charge in [0.2, 0.25) is 0 Å². The van der Waals surface area contributed by atoms with Crippen LogP contribution < -0.4 is 24.4 Å². The summed E-state index contributed by atoms with van der Waals surface area (Å²) in [6, 6.07) is 22.2. The van der Waals surface area contributed by atoms with E-state index in [1.165, 1.54) is 28.8 Å². The molecule has 246 valence electrons. The summed E-state index contributed by atoms with van der Waals surface area (Å²) in [5, 5.41) is 12.6. The fourth-order valence-electron chi connectivity index (χ4n) is 5.53. The molecule has 5 aromatic rings. The lowest BCUT2D eigenvalue weighted by atomic mass is 9.96. The molecule has 1 aromatic heterocycles. The fraction of sp³-hybridized carbons (Fsp3) is 0.135. The molecule has 12 heteroatoms. The van der Waals surface area contributed by atoms with E-state index in [1.807, 2.05) is 24.3 Å². The topological polar surface area (TPSA) is 139 Å². The summed E-state index contributed by atoms with van der Waals surface area (Å²) in [7, 11) is 0. The van der Waals surface area contributed by atoms with Gasteiger partial charge in [-0.3, -0.25) is 19.5 Å². The van der Waals surface area contributed by atoms with Crippen molar-refractivity contribution in [2.75, 3.05) is 13.2 Å². The van der Waals surface area contributed by atoms with Crippen molar-refractivity contribution in [2.45, 2.75) is 19.9 Å². The number of aromatic nitrogens is 1. The molecule has 0 fully saturated rings. The number of benzene rings is 4. The number of esters is 2. The normalized spacial score (nSPS) is 14.2. The first-order valence-corrected chi connectivity index (χ1v) is 16.0. The molecule has 0 spiro atoms. The standard InChI is InChI=1S/C37H29N3O8S/c1-4-20-47-27-17-12-24(13-18-27)33-32(36(43)46-5-2)22(3)38-37-39(33)34(41)31(49-37)21-29-28-9-7-6-8-23(28)14-19-30(29)48-35(42)25-10-15-26(16-11-25)40(44)45/h4,6-19,21,33H,1,5,20H2,2-3H3/b31-21-/t33-/m0/s1. The molecular formula is C37H29N3O8S. The highest BCUT2D eigenvalue weighted by molar-refractivity contribution is 7.07. The Kier molecular flexibility index (Phi) is 9.31. The quantitative estimate of drug-likeness (QED) is 0.0609. The Labute approximate surface area is 283 Å². The maximum atomic E-state index is 14.3. The van der Waals surface area contributed by atoms with E-state index < -0.39 is 28.5 Å². The zero-order valence-electron chi connectivity index (χ0n) is 26.5. The predicted octanol–water partition coefficient (Wildman–Crippen LogP) is 5.64. The summed E-state index contributed by atoms with van der Waals surface area (Å²) in [6.07, 6.45) is 3.28. The van der Waals surface area contributed by atoms with Crippen molar-refractivity contribution in [3.63, 3.8) is 0 Å². The maximum Gasteiger partial charge on any atom is 0.343 e. The molecule has 1 aliphatic rings. The van der Waals surface area contributed by atoms with Crippen LogP contribution in [0.2, 0.25) is 0 Å². The number of carbonyl (C=O) groups is 2. The van der Waals surface area contributed by atoms with Gasteiger partial charge in [0.25, 0.3) is 11.2 Å². The molecule has 0 N–H and O–H groups in total. The van der Waals surface area contributed by atoms with Crippen LogP contribution in [0.3, 0.4) is 0 Å². The third kappa shape index (κ3) is 6.54. The molecule has 11 nitrogen and oxygen atoms in total. The van der Waals surface area contributed by atoms with Crippen LogP contribution >= 0.6 is 11.3 Å². The van der Waals surface area contributed by atoms with Gasteiger partial charge in [-0.15, -0.1) is 0 Å². The summed E-state index contributed by atoms with van der Waals surface area (Å²) >= 11 is 1.14. The Bertz CT molecular complexity index is 2340. The number of rotatable bonds is 10. The van der Waals surface area contributed by atoms with Crippen LogP contribution in [0.5, 0.6) is 11.5 Å². The molecule has 0 unspecified atom stereocenters. The van der Waals surface area contributed by atoms with Crippen molar-refractivity contribution in [1.82, 2.24) is 4.57 Å². The highest BCUT2D eigenvalue weighted by Gasteiger charge is 2.33. The summed E-state index contributed by atoms with van der Waals surface area (Å²) in [4.78, 5) is 56.4. The molecule has 0 saturated heterocycles.